The van der Waals surface area contributed by atoms with E-state index in [-0.39, 0.29) is 34.0 Å². The predicted molar refractivity (Wildman–Crippen MR) is 72.3 cm³/mol. The van der Waals surface area contributed by atoms with E-state index >= 15 is 0 Å². The van der Waals surface area contributed by atoms with Crippen molar-refractivity contribution < 1.29 is 22.8 Å². The Morgan fingerprint density at radius 2 is 1.90 bits per heavy atom. The molecule has 0 aliphatic heterocycles. The van der Waals surface area contributed by atoms with Crippen LogP contribution in [0.25, 0.3) is 0 Å². The number of rotatable bonds is 4. The number of primary amides is 1. The second-order valence-electron chi connectivity index (χ2n) is 4.70. The van der Waals surface area contributed by atoms with Crippen LogP contribution >= 0.6 is 11.3 Å². The van der Waals surface area contributed by atoms with Gasteiger partial charge in [-0.1, -0.05) is 0 Å². The van der Waals surface area contributed by atoms with E-state index in [1.54, 1.807) is 0 Å². The number of amides is 2. The third-order valence-corrected chi connectivity index (χ3v) is 4.39. The third-order valence-electron chi connectivity index (χ3n) is 3.27. The van der Waals surface area contributed by atoms with E-state index in [9.17, 15) is 22.8 Å². The van der Waals surface area contributed by atoms with Gasteiger partial charge in [0, 0.05) is 7.05 Å². The number of hydrogen-bond donors (Lipinski definition) is 4. The van der Waals surface area contributed by atoms with Gasteiger partial charge in [-0.2, -0.15) is 13.2 Å². The number of anilines is 2. The number of hydrogen-bond acceptors (Lipinski definition) is 5. The fraction of sp³-hybridized carbons (Fsp3) is 0.455. The summed E-state index contributed by atoms with van der Waals surface area (Å²) in [5.74, 6) is -1.58. The number of halogens is 3. The fourth-order valence-corrected chi connectivity index (χ4v) is 3.05. The van der Waals surface area contributed by atoms with Crippen molar-refractivity contribution in [2.75, 3.05) is 18.1 Å². The van der Waals surface area contributed by atoms with Gasteiger partial charge in [-0.3, -0.25) is 9.59 Å². The van der Waals surface area contributed by atoms with E-state index < -0.39 is 23.5 Å². The molecule has 0 saturated heterocycles. The Kier molecular flexibility index (Phi) is 3.52. The Bertz CT molecular complexity index is 607. The zero-order valence-corrected chi connectivity index (χ0v) is 11.7. The van der Waals surface area contributed by atoms with Gasteiger partial charge in [-0.15, -0.1) is 11.3 Å². The molecule has 21 heavy (non-hydrogen) atoms. The van der Waals surface area contributed by atoms with E-state index in [0.29, 0.717) is 11.3 Å². The Hall–Kier alpha value is -1.97. The molecule has 0 bridgehead atoms. The molecule has 2 rings (SSSR count). The Balaban J connectivity index is 2.44. The molecule has 0 aromatic carbocycles. The van der Waals surface area contributed by atoms with Gasteiger partial charge in [0.05, 0.1) is 11.3 Å². The molecule has 6 nitrogen and oxygen atoms in total. The average molecular weight is 322 g/mol. The van der Waals surface area contributed by atoms with Gasteiger partial charge < -0.3 is 22.1 Å². The molecule has 1 aliphatic rings. The number of thiophene rings is 1. The maximum atomic E-state index is 13.0. The molecule has 0 radical (unpaired) electrons. The van der Waals surface area contributed by atoms with Crippen molar-refractivity contribution >= 4 is 33.8 Å². The monoisotopic (exact) mass is 322 g/mol. The van der Waals surface area contributed by atoms with Crippen molar-refractivity contribution in [1.82, 2.24) is 5.32 Å². The summed E-state index contributed by atoms with van der Waals surface area (Å²) in [6.07, 6.45) is -4.68. The summed E-state index contributed by atoms with van der Waals surface area (Å²) in [5, 5.41) is 4.46. The topological polar surface area (TPSA) is 110 Å². The zero-order valence-electron chi connectivity index (χ0n) is 10.9. The normalized spacial score (nSPS) is 16.4. The van der Waals surface area contributed by atoms with Crippen LogP contribution in [-0.4, -0.2) is 30.6 Å². The van der Waals surface area contributed by atoms with Crippen molar-refractivity contribution in [3.05, 3.63) is 10.4 Å². The lowest BCUT2D eigenvalue weighted by molar-refractivity contribution is -0.151. The molecule has 1 heterocycles. The molecule has 1 aromatic rings. The first-order valence-corrected chi connectivity index (χ1v) is 6.73. The summed E-state index contributed by atoms with van der Waals surface area (Å²) in [5.41, 5.74) is 8.24. The van der Waals surface area contributed by atoms with E-state index in [4.69, 9.17) is 11.5 Å². The van der Waals surface area contributed by atoms with Crippen molar-refractivity contribution in [2.45, 2.75) is 24.6 Å². The van der Waals surface area contributed by atoms with E-state index in [2.05, 4.69) is 10.6 Å². The first-order chi connectivity index (χ1) is 9.63. The second kappa shape index (κ2) is 4.79. The van der Waals surface area contributed by atoms with Crippen molar-refractivity contribution in [3.63, 3.8) is 0 Å². The summed E-state index contributed by atoms with van der Waals surface area (Å²) < 4.78 is 38.9. The largest absolute Gasteiger partial charge is 0.411 e. The number of nitrogen functional groups attached to an aromatic ring is 1. The highest BCUT2D eigenvalue weighted by Gasteiger charge is 2.64. The molecule has 0 spiro atoms. The summed E-state index contributed by atoms with van der Waals surface area (Å²) in [6.45, 7) is 0. The summed E-state index contributed by atoms with van der Waals surface area (Å²) >= 11 is 0.681. The molecule has 1 aliphatic carbocycles. The second-order valence-corrected chi connectivity index (χ2v) is 5.72. The smallest absolute Gasteiger partial charge is 0.397 e. The van der Waals surface area contributed by atoms with Gasteiger partial charge in [-0.25, -0.2) is 0 Å². The van der Waals surface area contributed by atoms with Gasteiger partial charge in [-0.05, 0) is 12.8 Å². The van der Waals surface area contributed by atoms with Crippen LogP contribution in [0.15, 0.2) is 0 Å². The van der Waals surface area contributed by atoms with Gasteiger partial charge >= 0.3 is 6.18 Å². The molecule has 0 unspecified atom stereocenters. The Labute approximate surface area is 121 Å². The number of carbonyl (C=O) groups is 2. The number of nitrogens with one attached hydrogen (secondary N) is 2. The van der Waals surface area contributed by atoms with Crippen molar-refractivity contribution in [3.8, 4) is 0 Å². The van der Waals surface area contributed by atoms with Gasteiger partial charge in [0.15, 0.2) is 0 Å². The third kappa shape index (κ3) is 2.50. The van der Waals surface area contributed by atoms with Crippen LogP contribution < -0.4 is 22.1 Å². The summed E-state index contributed by atoms with van der Waals surface area (Å²) in [6, 6.07) is 0. The minimum absolute atomic E-state index is 0.0493. The molecule has 1 fully saturated rings. The predicted octanol–water partition coefficient (Wildman–Crippen LogP) is 1.30. The quantitative estimate of drug-likeness (QED) is 0.669. The molecular weight excluding hydrogens is 309 g/mol. The number of carbonyl (C=O) groups excluding carboxylic acids is 2. The molecule has 10 heteroatoms. The summed E-state index contributed by atoms with van der Waals surface area (Å²) in [4.78, 5) is 23.0. The lowest BCUT2D eigenvalue weighted by atomic mass is 10.2. The fourth-order valence-electron chi connectivity index (χ4n) is 1.88. The maximum Gasteiger partial charge on any atom is 0.411 e. The highest BCUT2D eigenvalue weighted by Crippen LogP contribution is 2.53. The number of alkyl halides is 3. The van der Waals surface area contributed by atoms with Crippen molar-refractivity contribution in [2.24, 2.45) is 5.73 Å². The first-order valence-electron chi connectivity index (χ1n) is 5.92. The van der Waals surface area contributed by atoms with E-state index in [1.165, 1.54) is 7.05 Å². The van der Waals surface area contributed by atoms with Crippen LogP contribution in [0.5, 0.6) is 0 Å². The minimum Gasteiger partial charge on any atom is -0.397 e. The van der Waals surface area contributed by atoms with Gasteiger partial charge in [0.25, 0.3) is 11.8 Å². The van der Waals surface area contributed by atoms with Crippen LogP contribution in [0.1, 0.15) is 32.9 Å². The van der Waals surface area contributed by atoms with Crippen molar-refractivity contribution in [1.29, 1.82) is 0 Å². The van der Waals surface area contributed by atoms with Gasteiger partial charge in [0.2, 0.25) is 0 Å². The average Bonchev–Trinajstić information content (AvgIpc) is 3.07. The highest BCUT2D eigenvalue weighted by atomic mass is 32.1. The first kappa shape index (κ1) is 15.4. The molecule has 1 saturated carbocycles. The molecule has 116 valence electrons. The Morgan fingerprint density at radius 3 is 2.29 bits per heavy atom. The maximum absolute atomic E-state index is 13.0. The SMILES string of the molecule is CNC(=O)c1sc(NC2(C(F)(F)F)CC2)c(C(N)=O)c1N. The van der Waals surface area contributed by atoms with Crippen LogP contribution in [0, 0.1) is 0 Å². The zero-order chi connectivity index (χ0) is 16.0. The Morgan fingerprint density at radius 1 is 1.33 bits per heavy atom. The highest BCUT2D eigenvalue weighted by molar-refractivity contribution is 7.19. The molecule has 2 amide bonds. The minimum atomic E-state index is -4.46. The van der Waals surface area contributed by atoms with E-state index in [1.807, 2.05) is 0 Å². The van der Waals surface area contributed by atoms with Crippen LogP contribution in [0.3, 0.4) is 0 Å². The lowest BCUT2D eigenvalue weighted by Gasteiger charge is -2.21. The van der Waals surface area contributed by atoms with Crippen LogP contribution in [-0.2, 0) is 0 Å². The molecule has 1 aromatic heterocycles. The standard InChI is InChI=1S/C11H13F3N4O2S/c1-17-8(20)6-5(15)4(7(16)19)9(21-6)18-10(2-3-10)11(12,13)14/h18H,2-3,15H2,1H3,(H2,16,19)(H,17,20). The molecular formula is C11H13F3N4O2S. The van der Waals surface area contributed by atoms with Crippen LogP contribution in [0.2, 0.25) is 0 Å². The van der Waals surface area contributed by atoms with E-state index in [0.717, 1.165) is 0 Å². The van der Waals surface area contributed by atoms with Crippen LogP contribution in [0.4, 0.5) is 23.9 Å². The lowest BCUT2D eigenvalue weighted by Crippen LogP contribution is -2.38. The van der Waals surface area contributed by atoms with Gasteiger partial charge in [0.1, 0.15) is 15.4 Å². The molecule has 6 N–H and O–H groups in total. The molecule has 0 atom stereocenters. The number of nitrogens with two attached hydrogens (primary N) is 2. The summed E-state index contributed by atoms with van der Waals surface area (Å²) in [7, 11) is 1.34.